The van der Waals surface area contributed by atoms with E-state index in [1.165, 1.54) is 16.5 Å². The van der Waals surface area contributed by atoms with Crippen LogP contribution >= 0.6 is 0 Å². The van der Waals surface area contributed by atoms with Crippen molar-refractivity contribution in [3.63, 3.8) is 0 Å². The molecule has 7 nitrogen and oxygen atoms in total. The van der Waals surface area contributed by atoms with E-state index in [-0.39, 0.29) is 26.1 Å². The number of aromatic nitrogens is 2. The molecule has 0 N–H and O–H groups in total. The molecule has 0 fully saturated rings. The Balaban J connectivity index is 1.51. The lowest BCUT2D eigenvalue weighted by Crippen LogP contribution is -2.43. The van der Waals surface area contributed by atoms with Gasteiger partial charge in [-0.15, -0.1) is 0 Å². The minimum atomic E-state index is -1.46. The van der Waals surface area contributed by atoms with Crippen LogP contribution in [0, 0.1) is 12.3 Å². The smallest absolute Gasteiger partial charge is 0.324 e. The Morgan fingerprint density at radius 1 is 0.907 bits per heavy atom. The number of aryl methyl sites for hydroxylation is 3. The molecule has 0 saturated carbocycles. The zero-order valence-electron chi connectivity index (χ0n) is 25.1. The van der Waals surface area contributed by atoms with Gasteiger partial charge in [-0.25, -0.2) is 0 Å². The molecule has 1 aliphatic rings. The first-order valence-corrected chi connectivity index (χ1v) is 14.9. The molecule has 1 aliphatic carbocycles. The molecule has 0 bridgehead atoms. The largest absolute Gasteiger partial charge is 0.496 e. The van der Waals surface area contributed by atoms with Crippen LogP contribution in [0.25, 0.3) is 32.9 Å². The number of carbonyl (C=O) groups is 2. The fourth-order valence-corrected chi connectivity index (χ4v) is 6.49. The van der Waals surface area contributed by atoms with Crippen LogP contribution < -0.4 is 4.74 Å². The molecule has 7 heteroatoms. The zero-order chi connectivity index (χ0) is 30.1. The second kappa shape index (κ2) is 11.6. The van der Waals surface area contributed by atoms with Gasteiger partial charge in [0.1, 0.15) is 5.75 Å². The second-order valence-electron chi connectivity index (χ2n) is 11.1. The van der Waals surface area contributed by atoms with Gasteiger partial charge in [0.05, 0.1) is 31.6 Å². The maximum Gasteiger partial charge on any atom is 0.324 e. The van der Waals surface area contributed by atoms with E-state index in [2.05, 4.69) is 60.2 Å². The highest BCUT2D eigenvalue weighted by molar-refractivity contribution is 6.04. The number of carbonyl (C=O) groups excluding carboxylic acids is 2. The minimum absolute atomic E-state index is 0.149. The Bertz CT molecular complexity index is 1840. The van der Waals surface area contributed by atoms with E-state index in [9.17, 15) is 9.59 Å². The Hall–Kier alpha value is -4.65. The predicted molar refractivity (Wildman–Crippen MR) is 167 cm³/mol. The standard InChI is InChI=1S/C36H36N2O5/c1-5-42-34(39)36(35(40)43-6-2)20-25-19-26(17-18-38-22-23(3)27-12-9-10-14-30(27)38)37-33(29(25)21-36)32-28-13-8-7-11-24(28)15-16-31(32)41-4/h7-16,19,22H,5-6,17-18,20-21H2,1-4H3. The summed E-state index contributed by atoms with van der Waals surface area (Å²) in [5.41, 5.74) is 5.16. The number of rotatable bonds is 9. The molecule has 0 unspecified atom stereocenters. The number of hydrogen-bond acceptors (Lipinski definition) is 6. The van der Waals surface area contributed by atoms with Crippen molar-refractivity contribution in [3.8, 4) is 17.0 Å². The van der Waals surface area contributed by atoms with E-state index in [0.29, 0.717) is 12.2 Å². The maximum atomic E-state index is 13.5. The minimum Gasteiger partial charge on any atom is -0.496 e. The molecule has 0 saturated heterocycles. The predicted octanol–water partition coefficient (Wildman–Crippen LogP) is 6.63. The zero-order valence-corrected chi connectivity index (χ0v) is 25.1. The Morgan fingerprint density at radius 2 is 1.60 bits per heavy atom. The van der Waals surface area contributed by atoms with E-state index in [1.807, 2.05) is 24.3 Å². The SMILES string of the molecule is CCOC(=O)C1(C(=O)OCC)Cc2cc(CCn3cc(C)c4ccccc43)nc(-c3c(OC)ccc4ccccc34)c2C1. The Morgan fingerprint density at radius 3 is 2.33 bits per heavy atom. The van der Waals surface area contributed by atoms with Gasteiger partial charge in [-0.1, -0.05) is 48.5 Å². The molecule has 2 aromatic heterocycles. The van der Waals surface area contributed by atoms with Gasteiger partial charge in [-0.2, -0.15) is 0 Å². The normalized spacial score (nSPS) is 13.7. The Kier molecular flexibility index (Phi) is 7.65. The number of ether oxygens (including phenoxy) is 3. The third-order valence-electron chi connectivity index (χ3n) is 8.52. The molecular weight excluding hydrogens is 540 g/mol. The lowest BCUT2D eigenvalue weighted by molar-refractivity contribution is -0.171. The van der Waals surface area contributed by atoms with Crippen LogP contribution in [0.1, 0.15) is 36.2 Å². The fourth-order valence-electron chi connectivity index (χ4n) is 6.49. The average molecular weight is 577 g/mol. The number of para-hydroxylation sites is 1. The van der Waals surface area contributed by atoms with Crippen LogP contribution in [0.2, 0.25) is 0 Å². The highest BCUT2D eigenvalue weighted by Gasteiger charge is 2.54. The molecule has 43 heavy (non-hydrogen) atoms. The first kappa shape index (κ1) is 28.5. The number of methoxy groups -OCH3 is 1. The molecule has 0 spiro atoms. The molecule has 3 aromatic carbocycles. The second-order valence-corrected chi connectivity index (χ2v) is 11.1. The third kappa shape index (κ3) is 4.92. The van der Waals surface area contributed by atoms with Crippen molar-refractivity contribution in [1.82, 2.24) is 9.55 Å². The topological polar surface area (TPSA) is 79.7 Å². The fraction of sp³-hybridized carbons (Fsp3) is 0.306. The van der Waals surface area contributed by atoms with Gasteiger partial charge in [-0.3, -0.25) is 14.6 Å². The number of benzene rings is 3. The van der Waals surface area contributed by atoms with Crippen molar-refractivity contribution in [2.45, 2.75) is 46.6 Å². The molecule has 6 rings (SSSR count). The summed E-state index contributed by atoms with van der Waals surface area (Å²) in [5.74, 6) is -0.435. The van der Waals surface area contributed by atoms with Crippen LogP contribution in [-0.4, -0.2) is 41.8 Å². The van der Waals surface area contributed by atoms with Crippen LogP contribution in [0.3, 0.4) is 0 Å². The molecule has 0 atom stereocenters. The van der Waals surface area contributed by atoms with Gasteiger partial charge in [0, 0.05) is 42.2 Å². The summed E-state index contributed by atoms with van der Waals surface area (Å²) in [5, 5.41) is 3.28. The number of esters is 2. The van der Waals surface area contributed by atoms with Gasteiger partial charge in [0.2, 0.25) is 0 Å². The summed E-state index contributed by atoms with van der Waals surface area (Å²) in [6.45, 7) is 6.70. The van der Waals surface area contributed by atoms with Gasteiger partial charge in [0.15, 0.2) is 5.41 Å². The van der Waals surface area contributed by atoms with Crippen molar-refractivity contribution >= 4 is 33.6 Å². The Labute approximate surface area is 251 Å². The van der Waals surface area contributed by atoms with Gasteiger partial charge in [0.25, 0.3) is 0 Å². The van der Waals surface area contributed by atoms with Gasteiger partial charge < -0.3 is 18.8 Å². The summed E-state index contributed by atoms with van der Waals surface area (Å²) in [6, 6.07) is 22.5. The number of pyridine rings is 1. The van der Waals surface area contributed by atoms with Crippen LogP contribution in [0.5, 0.6) is 5.75 Å². The van der Waals surface area contributed by atoms with Crippen molar-refractivity contribution in [2.75, 3.05) is 20.3 Å². The van der Waals surface area contributed by atoms with Crippen LogP contribution in [-0.2, 0) is 44.9 Å². The first-order valence-electron chi connectivity index (χ1n) is 14.9. The molecule has 220 valence electrons. The van der Waals surface area contributed by atoms with Crippen molar-refractivity contribution in [3.05, 3.63) is 95.3 Å². The van der Waals surface area contributed by atoms with Crippen molar-refractivity contribution in [1.29, 1.82) is 0 Å². The van der Waals surface area contributed by atoms with E-state index >= 15 is 0 Å². The van der Waals surface area contributed by atoms with Crippen LogP contribution in [0.15, 0.2) is 72.9 Å². The first-order chi connectivity index (χ1) is 20.9. The number of hydrogen-bond donors (Lipinski definition) is 0. The summed E-state index contributed by atoms with van der Waals surface area (Å²) in [6.07, 6.45) is 3.19. The molecule has 0 amide bonds. The summed E-state index contributed by atoms with van der Waals surface area (Å²) < 4.78 is 19.1. The van der Waals surface area contributed by atoms with Crippen molar-refractivity contribution in [2.24, 2.45) is 5.41 Å². The summed E-state index contributed by atoms with van der Waals surface area (Å²) in [4.78, 5) is 32.2. The maximum absolute atomic E-state index is 13.5. The molecule has 0 radical (unpaired) electrons. The summed E-state index contributed by atoms with van der Waals surface area (Å²) in [7, 11) is 1.65. The van der Waals surface area contributed by atoms with E-state index < -0.39 is 17.4 Å². The number of fused-ring (bicyclic) bond motifs is 3. The van der Waals surface area contributed by atoms with E-state index in [1.54, 1.807) is 21.0 Å². The van der Waals surface area contributed by atoms with Crippen LogP contribution in [0.4, 0.5) is 0 Å². The highest BCUT2D eigenvalue weighted by atomic mass is 16.6. The quantitative estimate of drug-likeness (QED) is 0.145. The monoisotopic (exact) mass is 576 g/mol. The lowest BCUT2D eigenvalue weighted by atomic mass is 9.84. The van der Waals surface area contributed by atoms with E-state index in [4.69, 9.17) is 19.2 Å². The van der Waals surface area contributed by atoms with E-state index in [0.717, 1.165) is 45.4 Å². The molecule has 0 aliphatic heterocycles. The molecule has 5 aromatic rings. The van der Waals surface area contributed by atoms with Crippen molar-refractivity contribution < 1.29 is 23.8 Å². The highest BCUT2D eigenvalue weighted by Crippen LogP contribution is 2.46. The molecular formula is C36H36N2O5. The average Bonchev–Trinajstić information content (AvgIpc) is 3.58. The third-order valence-corrected chi connectivity index (χ3v) is 8.52. The summed E-state index contributed by atoms with van der Waals surface area (Å²) >= 11 is 0. The number of nitrogens with zero attached hydrogens (tertiary/aromatic N) is 2. The van der Waals surface area contributed by atoms with Gasteiger partial charge >= 0.3 is 11.9 Å². The van der Waals surface area contributed by atoms with Gasteiger partial charge in [-0.05, 0) is 72.9 Å². The molecule has 2 heterocycles. The lowest BCUT2D eigenvalue weighted by Gasteiger charge is -2.24.